The lowest BCUT2D eigenvalue weighted by atomic mass is 10.00. The first-order valence-corrected chi connectivity index (χ1v) is 12.2. The summed E-state index contributed by atoms with van der Waals surface area (Å²) in [5.74, 6) is -2.69. The molecule has 3 heterocycles. The number of carboxylic acid groups (broad SMARTS) is 1. The average molecular weight is 545 g/mol. The first kappa shape index (κ1) is 29.2. The van der Waals surface area contributed by atoms with Gasteiger partial charge in [-0.15, -0.1) is 0 Å². The summed E-state index contributed by atoms with van der Waals surface area (Å²) >= 11 is 0. The Kier molecular flexibility index (Phi) is 9.55. The van der Waals surface area contributed by atoms with Crippen molar-refractivity contribution in [1.29, 1.82) is 0 Å². The van der Waals surface area contributed by atoms with Crippen molar-refractivity contribution in [2.45, 2.75) is 69.2 Å². The van der Waals surface area contributed by atoms with Gasteiger partial charge in [0.05, 0.1) is 25.3 Å². The van der Waals surface area contributed by atoms with E-state index in [1.165, 1.54) is 4.90 Å². The Morgan fingerprint density at radius 2 is 1.71 bits per heavy atom. The minimum atomic E-state index is -5.08. The second kappa shape index (κ2) is 12.4. The van der Waals surface area contributed by atoms with Crippen LogP contribution in [-0.4, -0.2) is 84.5 Å². The highest BCUT2D eigenvalue weighted by atomic mass is 19.4. The maximum absolute atomic E-state index is 13.3. The second-order valence-electron chi connectivity index (χ2n) is 9.06. The van der Waals surface area contributed by atoms with Crippen LogP contribution in [0.3, 0.4) is 0 Å². The average Bonchev–Trinajstić information content (AvgIpc) is 3.24. The lowest BCUT2D eigenvalue weighted by molar-refractivity contribution is -0.192. The van der Waals surface area contributed by atoms with Crippen molar-refractivity contribution in [1.82, 2.24) is 20.9 Å². The van der Waals surface area contributed by atoms with Crippen LogP contribution < -0.4 is 20.7 Å². The number of para-hydroxylation sites is 1. The van der Waals surface area contributed by atoms with E-state index in [9.17, 15) is 27.6 Å². The third-order valence-corrected chi connectivity index (χ3v) is 6.57. The summed E-state index contributed by atoms with van der Waals surface area (Å²) in [5.41, 5.74) is 0.946. The predicted octanol–water partition coefficient (Wildman–Crippen LogP) is 1.09. The molecule has 0 aliphatic carbocycles. The van der Waals surface area contributed by atoms with E-state index in [1.807, 2.05) is 24.3 Å². The third kappa shape index (κ3) is 6.92. The lowest BCUT2D eigenvalue weighted by Gasteiger charge is -2.32. The molecule has 14 heteroatoms. The standard InChI is InChI=1S/C22H30N4O5.C2HF3O2/c1-13(23-2)20(27)25-16-10-12-31-19-8-7-17(26(19)22(16)29)21(28)24-15-9-11-30-18-6-4-3-5-14(15)18;3-2(4,5)1(6)7/h3-6,13,15-17,19,23H,7-12H2,1-2H3,(H,24,28)(H,25,27);(H,6,7)/t13-,15+,16-,17+,19-;/m0./s1. The molecule has 1 aromatic rings. The van der Waals surface area contributed by atoms with E-state index in [0.29, 0.717) is 38.9 Å². The molecule has 3 amide bonds. The van der Waals surface area contributed by atoms with Crippen molar-refractivity contribution in [3.05, 3.63) is 29.8 Å². The molecule has 38 heavy (non-hydrogen) atoms. The molecular weight excluding hydrogens is 513 g/mol. The molecule has 0 aromatic heterocycles. The summed E-state index contributed by atoms with van der Waals surface area (Å²) in [7, 11) is 1.69. The molecule has 0 radical (unpaired) electrons. The van der Waals surface area contributed by atoms with E-state index in [4.69, 9.17) is 19.4 Å². The third-order valence-electron chi connectivity index (χ3n) is 6.57. The number of ether oxygens (including phenoxy) is 2. The summed E-state index contributed by atoms with van der Waals surface area (Å²) < 4.78 is 43.3. The quantitative estimate of drug-likeness (QED) is 0.431. The maximum atomic E-state index is 13.3. The molecule has 210 valence electrons. The number of fused-ring (bicyclic) bond motifs is 2. The number of nitrogens with zero attached hydrogens (tertiary/aromatic N) is 1. The Morgan fingerprint density at radius 1 is 1.05 bits per heavy atom. The van der Waals surface area contributed by atoms with E-state index in [2.05, 4.69) is 16.0 Å². The van der Waals surface area contributed by atoms with Crippen molar-refractivity contribution >= 4 is 23.7 Å². The Balaban J connectivity index is 0.000000505. The molecule has 3 aliphatic rings. The normalized spacial score (nSPS) is 25.4. The van der Waals surface area contributed by atoms with Gasteiger partial charge in [0.15, 0.2) is 0 Å². The van der Waals surface area contributed by atoms with Crippen LogP contribution in [0.15, 0.2) is 24.3 Å². The topological polar surface area (TPSA) is 146 Å². The van der Waals surface area contributed by atoms with Gasteiger partial charge in [-0.2, -0.15) is 13.2 Å². The highest BCUT2D eigenvalue weighted by molar-refractivity contribution is 5.93. The number of hydrogen-bond acceptors (Lipinski definition) is 7. The number of benzene rings is 1. The van der Waals surface area contributed by atoms with E-state index in [-0.39, 0.29) is 23.8 Å². The smallest absolute Gasteiger partial charge is 0.490 e. The highest BCUT2D eigenvalue weighted by Crippen LogP contribution is 2.33. The fraction of sp³-hybridized carbons (Fsp3) is 0.583. The Labute approximate surface area is 217 Å². The molecule has 0 bridgehead atoms. The SMILES string of the molecule is CN[C@@H](C)C(=O)N[C@H]1CCO[C@H]2CC[C@H](C(=O)N[C@@H]3CCOc4ccccc43)N2C1=O.O=C(O)C(F)(F)F. The summed E-state index contributed by atoms with van der Waals surface area (Å²) in [4.78, 5) is 49.2. The van der Waals surface area contributed by atoms with Gasteiger partial charge in [-0.3, -0.25) is 14.4 Å². The van der Waals surface area contributed by atoms with Gasteiger partial charge >= 0.3 is 12.1 Å². The molecule has 4 N–H and O–H groups in total. The van der Waals surface area contributed by atoms with Crippen LogP contribution in [0.25, 0.3) is 0 Å². The fourth-order valence-electron chi connectivity index (χ4n) is 4.44. The van der Waals surface area contributed by atoms with Crippen molar-refractivity contribution in [3.63, 3.8) is 0 Å². The number of carbonyl (C=O) groups is 4. The molecule has 1 aromatic carbocycles. The zero-order chi connectivity index (χ0) is 28.0. The lowest BCUT2D eigenvalue weighted by Crippen LogP contribution is -2.56. The molecule has 0 unspecified atom stereocenters. The largest absolute Gasteiger partial charge is 0.493 e. The number of carbonyl (C=O) groups excluding carboxylic acids is 3. The Morgan fingerprint density at radius 3 is 2.37 bits per heavy atom. The van der Waals surface area contributed by atoms with Crippen molar-refractivity contribution < 1.29 is 46.9 Å². The minimum Gasteiger partial charge on any atom is -0.493 e. The fourth-order valence-corrected chi connectivity index (χ4v) is 4.44. The van der Waals surface area contributed by atoms with Gasteiger partial charge in [0.25, 0.3) is 0 Å². The predicted molar refractivity (Wildman–Crippen MR) is 126 cm³/mol. The Hall–Kier alpha value is -3.39. The summed E-state index contributed by atoms with van der Waals surface area (Å²) in [6.07, 6.45) is -3.34. The number of carboxylic acids is 1. The zero-order valence-corrected chi connectivity index (χ0v) is 20.9. The van der Waals surface area contributed by atoms with Crippen LogP contribution in [-0.2, 0) is 23.9 Å². The van der Waals surface area contributed by atoms with Crippen LogP contribution in [0.4, 0.5) is 13.2 Å². The van der Waals surface area contributed by atoms with Crippen molar-refractivity contribution in [2.75, 3.05) is 20.3 Å². The van der Waals surface area contributed by atoms with Crippen LogP contribution in [0.2, 0.25) is 0 Å². The molecule has 2 fully saturated rings. The van der Waals surface area contributed by atoms with Crippen LogP contribution in [0.5, 0.6) is 5.75 Å². The van der Waals surface area contributed by atoms with E-state index in [1.54, 1.807) is 14.0 Å². The Bertz CT molecular complexity index is 1040. The number of amides is 3. The van der Waals surface area contributed by atoms with E-state index in [0.717, 1.165) is 11.3 Å². The number of halogens is 3. The first-order valence-electron chi connectivity index (χ1n) is 12.2. The molecule has 11 nitrogen and oxygen atoms in total. The summed E-state index contributed by atoms with van der Waals surface area (Å²) in [6.45, 7) is 2.61. The molecule has 0 saturated carbocycles. The van der Waals surface area contributed by atoms with Gasteiger partial charge in [0.2, 0.25) is 17.7 Å². The first-order chi connectivity index (χ1) is 17.9. The van der Waals surface area contributed by atoms with Gasteiger partial charge in [-0.05, 0) is 32.9 Å². The minimum absolute atomic E-state index is 0.161. The number of nitrogens with one attached hydrogen (secondary N) is 3. The second-order valence-corrected chi connectivity index (χ2v) is 9.06. The molecule has 0 spiro atoms. The molecule has 3 aliphatic heterocycles. The van der Waals surface area contributed by atoms with Gasteiger partial charge in [-0.25, -0.2) is 4.79 Å². The van der Waals surface area contributed by atoms with Crippen LogP contribution in [0, 0.1) is 0 Å². The molecule has 5 atom stereocenters. The van der Waals surface area contributed by atoms with Crippen LogP contribution >= 0.6 is 0 Å². The van der Waals surface area contributed by atoms with Gasteiger partial charge in [0.1, 0.15) is 24.1 Å². The van der Waals surface area contributed by atoms with Crippen molar-refractivity contribution in [3.8, 4) is 5.75 Å². The van der Waals surface area contributed by atoms with E-state index < -0.39 is 36.5 Å². The maximum Gasteiger partial charge on any atom is 0.490 e. The van der Waals surface area contributed by atoms with Crippen LogP contribution in [0.1, 0.15) is 44.2 Å². The molecule has 4 rings (SSSR count). The summed E-state index contributed by atoms with van der Waals surface area (Å²) in [5, 5.41) is 15.9. The van der Waals surface area contributed by atoms with Gasteiger partial charge in [-0.1, -0.05) is 18.2 Å². The molecular formula is C24H31F3N4O7. The number of aliphatic carboxylic acids is 1. The molecule has 2 saturated heterocycles. The number of rotatable bonds is 5. The van der Waals surface area contributed by atoms with E-state index >= 15 is 0 Å². The monoisotopic (exact) mass is 544 g/mol. The van der Waals surface area contributed by atoms with Gasteiger partial charge < -0.3 is 35.4 Å². The summed E-state index contributed by atoms with van der Waals surface area (Å²) in [6, 6.07) is 5.77. The number of hydrogen-bond donors (Lipinski definition) is 4. The van der Waals surface area contributed by atoms with Crippen molar-refractivity contribution in [2.24, 2.45) is 0 Å². The zero-order valence-electron chi connectivity index (χ0n) is 20.9. The highest BCUT2D eigenvalue weighted by Gasteiger charge is 2.46. The number of likely N-dealkylation sites (N-methyl/N-ethyl adjacent to an activating group) is 1. The number of alkyl halides is 3. The van der Waals surface area contributed by atoms with Gasteiger partial charge in [0, 0.05) is 18.4 Å².